The number of rotatable bonds is 7. The van der Waals surface area contributed by atoms with Gasteiger partial charge in [0.2, 0.25) is 0 Å². The third kappa shape index (κ3) is 5.59. The van der Waals surface area contributed by atoms with Crippen LogP contribution in [0, 0.1) is 5.92 Å². The average Bonchev–Trinajstić information content (AvgIpc) is 2.33. The van der Waals surface area contributed by atoms with Gasteiger partial charge in [-0.1, -0.05) is 26.0 Å². The van der Waals surface area contributed by atoms with Crippen molar-refractivity contribution < 1.29 is 14.7 Å². The smallest absolute Gasteiger partial charge is 0.180 e. The van der Waals surface area contributed by atoms with Crippen LogP contribution in [0.4, 0.5) is 0 Å². The molecule has 0 heterocycles. The highest BCUT2D eigenvalue weighted by atomic mass is 16.3. The zero-order valence-corrected chi connectivity index (χ0v) is 11.1. The topological polar surface area (TPSA) is 54.4 Å². The molecule has 0 radical (unpaired) electrons. The van der Waals surface area contributed by atoms with Gasteiger partial charge in [0.25, 0.3) is 0 Å². The summed E-state index contributed by atoms with van der Waals surface area (Å²) in [5, 5.41) is 9.54. The van der Waals surface area contributed by atoms with Crippen LogP contribution in [0.3, 0.4) is 0 Å². The van der Waals surface area contributed by atoms with Crippen LogP contribution in [-0.2, 0) is 9.59 Å². The summed E-state index contributed by atoms with van der Waals surface area (Å²) in [7, 11) is 0. The molecule has 0 bridgehead atoms. The number of allylic oxidation sites excluding steroid dienone is 4. The molecule has 2 atom stereocenters. The van der Waals surface area contributed by atoms with Crippen molar-refractivity contribution in [1.82, 2.24) is 0 Å². The molecule has 0 fully saturated rings. The van der Waals surface area contributed by atoms with E-state index in [1.54, 1.807) is 32.9 Å². The Morgan fingerprint density at radius 3 is 2.41 bits per heavy atom. The summed E-state index contributed by atoms with van der Waals surface area (Å²) in [5.74, 6) is -0.489. The lowest BCUT2D eigenvalue weighted by molar-refractivity contribution is -0.124. The summed E-state index contributed by atoms with van der Waals surface area (Å²) >= 11 is 0. The van der Waals surface area contributed by atoms with Gasteiger partial charge in [-0.05, 0) is 31.9 Å². The molecule has 0 aliphatic rings. The van der Waals surface area contributed by atoms with Crippen LogP contribution >= 0.6 is 0 Å². The van der Waals surface area contributed by atoms with Gasteiger partial charge < -0.3 is 5.11 Å². The number of aliphatic hydroxyl groups excluding tert-OH is 1. The lowest BCUT2D eigenvalue weighted by atomic mass is 9.95. The molecule has 0 saturated heterocycles. The molecule has 17 heavy (non-hydrogen) atoms. The van der Waals surface area contributed by atoms with Crippen molar-refractivity contribution >= 4 is 11.6 Å². The van der Waals surface area contributed by atoms with Crippen LogP contribution in [0.25, 0.3) is 0 Å². The Morgan fingerprint density at radius 2 is 1.94 bits per heavy atom. The van der Waals surface area contributed by atoms with E-state index < -0.39 is 6.10 Å². The molecular formula is C14H22O3. The van der Waals surface area contributed by atoms with Crippen LogP contribution in [0.1, 0.15) is 40.5 Å². The summed E-state index contributed by atoms with van der Waals surface area (Å²) in [6, 6.07) is 0. The lowest BCUT2D eigenvalue weighted by Crippen LogP contribution is -2.24. The molecule has 3 nitrogen and oxygen atoms in total. The number of ketones is 2. The van der Waals surface area contributed by atoms with Crippen molar-refractivity contribution in [3.63, 3.8) is 0 Å². The zero-order chi connectivity index (χ0) is 13.4. The minimum absolute atomic E-state index is 0.0352. The first-order valence-corrected chi connectivity index (χ1v) is 5.98. The number of hydrogen-bond acceptors (Lipinski definition) is 3. The second kappa shape index (κ2) is 7.96. The molecule has 0 aliphatic heterocycles. The minimum atomic E-state index is -0.595. The minimum Gasteiger partial charge on any atom is -0.392 e. The quantitative estimate of drug-likeness (QED) is 0.693. The Balaban J connectivity index is 4.41. The second-order valence-corrected chi connectivity index (χ2v) is 4.19. The fourth-order valence-corrected chi connectivity index (χ4v) is 1.39. The molecule has 0 aromatic rings. The predicted octanol–water partition coefficient (Wildman–Crippen LogP) is 2.44. The Bertz CT molecular complexity index is 326. The highest BCUT2D eigenvalue weighted by Gasteiger charge is 2.19. The Kier molecular flexibility index (Phi) is 7.39. The van der Waals surface area contributed by atoms with Crippen LogP contribution in [-0.4, -0.2) is 22.8 Å². The van der Waals surface area contributed by atoms with Gasteiger partial charge in [-0.3, -0.25) is 9.59 Å². The lowest BCUT2D eigenvalue weighted by Gasteiger charge is -2.14. The molecule has 0 saturated carbocycles. The average molecular weight is 238 g/mol. The van der Waals surface area contributed by atoms with Gasteiger partial charge in [0.05, 0.1) is 6.10 Å². The van der Waals surface area contributed by atoms with Gasteiger partial charge in [0, 0.05) is 12.3 Å². The van der Waals surface area contributed by atoms with E-state index in [2.05, 4.69) is 0 Å². The van der Waals surface area contributed by atoms with Crippen molar-refractivity contribution in [2.75, 3.05) is 0 Å². The van der Waals surface area contributed by atoms with E-state index in [9.17, 15) is 14.7 Å². The highest BCUT2D eigenvalue weighted by molar-refractivity contribution is 6.03. The van der Waals surface area contributed by atoms with Crippen molar-refractivity contribution in [2.45, 2.75) is 46.6 Å². The van der Waals surface area contributed by atoms with E-state index in [-0.39, 0.29) is 23.9 Å². The molecule has 0 aromatic heterocycles. The van der Waals surface area contributed by atoms with E-state index in [0.29, 0.717) is 12.0 Å². The predicted molar refractivity (Wildman–Crippen MR) is 68.7 cm³/mol. The molecule has 0 rings (SSSR count). The van der Waals surface area contributed by atoms with Gasteiger partial charge in [-0.2, -0.15) is 0 Å². The maximum atomic E-state index is 11.7. The second-order valence-electron chi connectivity index (χ2n) is 4.19. The number of carbonyl (C=O) groups excluding carboxylic acids is 2. The normalized spacial score (nSPS) is 15.9. The summed E-state index contributed by atoms with van der Waals surface area (Å²) in [6.45, 7) is 7.02. The van der Waals surface area contributed by atoms with Crippen molar-refractivity contribution in [1.29, 1.82) is 0 Å². The van der Waals surface area contributed by atoms with E-state index in [4.69, 9.17) is 0 Å². The highest BCUT2D eigenvalue weighted by Crippen LogP contribution is 2.11. The molecule has 0 amide bonds. The molecule has 3 heteroatoms. The van der Waals surface area contributed by atoms with Crippen LogP contribution in [0.15, 0.2) is 23.8 Å². The first kappa shape index (κ1) is 15.8. The van der Waals surface area contributed by atoms with Gasteiger partial charge in [0.15, 0.2) is 5.78 Å². The number of carbonyl (C=O) groups is 2. The molecule has 0 aliphatic carbocycles. The monoisotopic (exact) mass is 238 g/mol. The van der Waals surface area contributed by atoms with Crippen LogP contribution in [0.5, 0.6) is 0 Å². The number of aliphatic hydroxyl groups is 1. The van der Waals surface area contributed by atoms with Gasteiger partial charge >= 0.3 is 0 Å². The van der Waals surface area contributed by atoms with Crippen LogP contribution in [0.2, 0.25) is 0 Å². The first-order chi connectivity index (χ1) is 7.93. The fourth-order valence-electron chi connectivity index (χ4n) is 1.39. The van der Waals surface area contributed by atoms with Gasteiger partial charge in [0.1, 0.15) is 5.78 Å². The summed E-state index contributed by atoms with van der Waals surface area (Å²) < 4.78 is 0. The Labute approximate surface area is 103 Å². The van der Waals surface area contributed by atoms with Crippen molar-refractivity contribution in [3.05, 3.63) is 23.8 Å². The number of hydrogen-bond donors (Lipinski definition) is 1. The van der Waals surface area contributed by atoms with Crippen LogP contribution < -0.4 is 0 Å². The molecule has 0 aromatic carbocycles. The SMILES string of the molecule is C/C=C/C(=O)/C(C)=C/CC(=O)C(C)C(O)CC. The van der Waals surface area contributed by atoms with Crippen molar-refractivity contribution in [3.8, 4) is 0 Å². The molecular weight excluding hydrogens is 216 g/mol. The molecule has 0 spiro atoms. The zero-order valence-electron chi connectivity index (χ0n) is 11.1. The van der Waals surface area contributed by atoms with E-state index in [1.807, 2.05) is 6.92 Å². The Morgan fingerprint density at radius 1 is 1.35 bits per heavy atom. The summed E-state index contributed by atoms with van der Waals surface area (Å²) in [6.07, 6.45) is 4.94. The third-order valence-corrected chi connectivity index (χ3v) is 2.82. The summed E-state index contributed by atoms with van der Waals surface area (Å²) in [4.78, 5) is 23.1. The fraction of sp³-hybridized carbons (Fsp3) is 0.571. The Hall–Kier alpha value is -1.22. The standard InChI is InChI=1S/C14H22O3/c1-5-7-13(16)10(3)8-9-14(17)11(4)12(15)6-2/h5,7-8,11-12,15H,6,9H2,1-4H3/b7-5+,10-8+. The largest absolute Gasteiger partial charge is 0.392 e. The molecule has 96 valence electrons. The summed E-state index contributed by atoms with van der Waals surface area (Å²) in [5.41, 5.74) is 0.564. The van der Waals surface area contributed by atoms with E-state index >= 15 is 0 Å². The number of Topliss-reactive ketones (excluding diaryl/α,β-unsaturated/α-hetero) is 1. The first-order valence-electron chi connectivity index (χ1n) is 5.98. The maximum absolute atomic E-state index is 11.7. The van der Waals surface area contributed by atoms with Gasteiger partial charge in [-0.25, -0.2) is 0 Å². The van der Waals surface area contributed by atoms with Crippen molar-refractivity contribution in [2.24, 2.45) is 5.92 Å². The van der Waals surface area contributed by atoms with E-state index in [1.165, 1.54) is 6.08 Å². The van der Waals surface area contributed by atoms with Gasteiger partial charge in [-0.15, -0.1) is 0 Å². The van der Waals surface area contributed by atoms with E-state index in [0.717, 1.165) is 0 Å². The maximum Gasteiger partial charge on any atom is 0.180 e. The third-order valence-electron chi connectivity index (χ3n) is 2.82. The molecule has 1 N–H and O–H groups in total. The molecule has 2 unspecified atom stereocenters.